The van der Waals surface area contributed by atoms with Crippen molar-refractivity contribution >= 4 is 40.1 Å². The van der Waals surface area contributed by atoms with Crippen LogP contribution in [0.2, 0.25) is 5.02 Å². The average molecular weight is 375 g/mol. The van der Waals surface area contributed by atoms with Crippen LogP contribution >= 0.6 is 18.9 Å². The summed E-state index contributed by atoms with van der Waals surface area (Å²) in [6.07, 6.45) is 0. The van der Waals surface area contributed by atoms with E-state index in [1.165, 1.54) is 21.2 Å². The third-order valence-electron chi connectivity index (χ3n) is 4.90. The van der Waals surface area contributed by atoms with E-state index < -0.39 is 7.26 Å². The SMILES string of the molecule is Clc1ccc([PH](c2ccccc2)(c2ccccc2)c2ccccc2)cc1. The molecule has 0 saturated heterocycles. The Kier molecular flexibility index (Phi) is 4.89. The average Bonchev–Trinajstić information content (AvgIpc) is 2.72. The minimum atomic E-state index is -2.38. The molecule has 0 spiro atoms. The first-order chi connectivity index (χ1) is 12.8. The van der Waals surface area contributed by atoms with Gasteiger partial charge < -0.3 is 0 Å². The van der Waals surface area contributed by atoms with Crippen LogP contribution in [-0.4, -0.2) is 0 Å². The molecule has 4 aromatic carbocycles. The van der Waals surface area contributed by atoms with Crippen molar-refractivity contribution in [1.82, 2.24) is 0 Å². The van der Waals surface area contributed by atoms with Crippen LogP contribution in [0.3, 0.4) is 0 Å². The number of rotatable bonds is 4. The second-order valence-electron chi connectivity index (χ2n) is 6.35. The minimum absolute atomic E-state index is 0.769. The Morgan fingerprint density at radius 2 is 0.692 bits per heavy atom. The fourth-order valence-electron chi connectivity index (χ4n) is 3.76. The summed E-state index contributed by atoms with van der Waals surface area (Å²) in [4.78, 5) is 0. The van der Waals surface area contributed by atoms with Gasteiger partial charge in [0.2, 0.25) is 0 Å². The molecule has 4 aromatic rings. The van der Waals surface area contributed by atoms with E-state index in [1.54, 1.807) is 0 Å². The first-order valence-corrected chi connectivity index (χ1v) is 11.1. The second-order valence-corrected chi connectivity index (χ2v) is 10.6. The Bertz CT molecular complexity index is 868. The van der Waals surface area contributed by atoms with Crippen LogP contribution in [0.1, 0.15) is 0 Å². The van der Waals surface area contributed by atoms with E-state index in [-0.39, 0.29) is 0 Å². The summed E-state index contributed by atoms with van der Waals surface area (Å²) < 4.78 is 0. The maximum atomic E-state index is 6.22. The van der Waals surface area contributed by atoms with Gasteiger partial charge in [0.25, 0.3) is 0 Å². The van der Waals surface area contributed by atoms with Crippen molar-refractivity contribution in [3.63, 3.8) is 0 Å². The molecule has 0 bridgehead atoms. The Hall–Kier alpha value is -2.40. The predicted octanol–water partition coefficient (Wildman–Crippen LogP) is 4.69. The number of benzene rings is 4. The summed E-state index contributed by atoms with van der Waals surface area (Å²) in [7, 11) is -2.38. The maximum absolute atomic E-state index is 6.22. The molecule has 0 unspecified atom stereocenters. The summed E-state index contributed by atoms with van der Waals surface area (Å²) in [5.41, 5.74) is 0. The van der Waals surface area contributed by atoms with E-state index in [4.69, 9.17) is 11.6 Å². The Morgan fingerprint density at radius 1 is 0.385 bits per heavy atom. The van der Waals surface area contributed by atoms with Crippen LogP contribution in [0, 0.1) is 0 Å². The van der Waals surface area contributed by atoms with Crippen molar-refractivity contribution in [2.24, 2.45) is 0 Å². The van der Waals surface area contributed by atoms with Crippen LogP contribution in [-0.2, 0) is 0 Å². The number of hydrogen-bond acceptors (Lipinski definition) is 0. The molecule has 0 N–H and O–H groups in total. The second kappa shape index (κ2) is 7.46. The molecule has 0 atom stereocenters. The molecular formula is C24H20ClP. The van der Waals surface area contributed by atoms with Gasteiger partial charge in [-0.3, -0.25) is 0 Å². The molecule has 4 rings (SSSR count). The first kappa shape index (κ1) is 17.0. The first-order valence-electron chi connectivity index (χ1n) is 8.74. The van der Waals surface area contributed by atoms with Crippen LogP contribution in [0.4, 0.5) is 0 Å². The Morgan fingerprint density at radius 3 is 1.04 bits per heavy atom. The molecule has 0 fully saturated rings. The van der Waals surface area contributed by atoms with E-state index in [0.29, 0.717) is 0 Å². The van der Waals surface area contributed by atoms with Crippen LogP contribution in [0.15, 0.2) is 115 Å². The van der Waals surface area contributed by atoms with Crippen molar-refractivity contribution in [2.45, 2.75) is 0 Å². The van der Waals surface area contributed by atoms with Gasteiger partial charge in [-0.05, 0) is 0 Å². The molecule has 0 nitrogen and oxygen atoms in total. The van der Waals surface area contributed by atoms with Crippen LogP contribution < -0.4 is 21.2 Å². The fourth-order valence-corrected chi connectivity index (χ4v) is 8.63. The van der Waals surface area contributed by atoms with E-state index >= 15 is 0 Å². The third kappa shape index (κ3) is 2.97. The van der Waals surface area contributed by atoms with Gasteiger partial charge in [-0.1, -0.05) is 0 Å². The third-order valence-corrected chi connectivity index (χ3v) is 9.95. The van der Waals surface area contributed by atoms with Crippen molar-refractivity contribution in [3.8, 4) is 0 Å². The van der Waals surface area contributed by atoms with E-state index in [1.807, 2.05) is 12.1 Å². The summed E-state index contributed by atoms with van der Waals surface area (Å²) in [6.45, 7) is 0. The van der Waals surface area contributed by atoms with Crippen LogP contribution in [0.5, 0.6) is 0 Å². The molecule has 0 heterocycles. The van der Waals surface area contributed by atoms with E-state index in [0.717, 1.165) is 5.02 Å². The van der Waals surface area contributed by atoms with Gasteiger partial charge in [0.15, 0.2) is 0 Å². The summed E-state index contributed by atoms with van der Waals surface area (Å²) >= 11 is 6.22. The van der Waals surface area contributed by atoms with Gasteiger partial charge in [-0.25, -0.2) is 0 Å². The molecule has 128 valence electrons. The topological polar surface area (TPSA) is 0 Å². The predicted molar refractivity (Wildman–Crippen MR) is 118 cm³/mol. The Labute approximate surface area is 160 Å². The van der Waals surface area contributed by atoms with Crippen molar-refractivity contribution < 1.29 is 0 Å². The van der Waals surface area contributed by atoms with Gasteiger partial charge in [-0.2, -0.15) is 0 Å². The monoisotopic (exact) mass is 374 g/mol. The quantitative estimate of drug-likeness (QED) is 0.454. The molecule has 0 radical (unpaired) electrons. The molecule has 0 aliphatic heterocycles. The van der Waals surface area contributed by atoms with Crippen molar-refractivity contribution in [2.75, 3.05) is 0 Å². The molecule has 0 amide bonds. The zero-order chi connectivity index (χ0) is 17.8. The standard InChI is InChI=1S/C24H20ClP/c25-20-16-18-24(19-17-20)26(21-10-4-1-5-11-21,22-12-6-2-7-13-22)23-14-8-3-9-15-23/h1-19,26H. The molecule has 0 aliphatic carbocycles. The summed E-state index contributed by atoms with van der Waals surface area (Å²) in [5, 5.41) is 6.23. The van der Waals surface area contributed by atoms with E-state index in [9.17, 15) is 0 Å². The molecule has 0 saturated carbocycles. The van der Waals surface area contributed by atoms with Gasteiger partial charge >= 0.3 is 160 Å². The number of halogens is 1. The van der Waals surface area contributed by atoms with Crippen LogP contribution in [0.25, 0.3) is 0 Å². The van der Waals surface area contributed by atoms with E-state index in [2.05, 4.69) is 103 Å². The van der Waals surface area contributed by atoms with Crippen molar-refractivity contribution in [3.05, 3.63) is 120 Å². The molecular weight excluding hydrogens is 355 g/mol. The molecule has 0 aliphatic rings. The fraction of sp³-hybridized carbons (Fsp3) is 0. The zero-order valence-electron chi connectivity index (χ0n) is 14.3. The molecule has 0 aromatic heterocycles. The molecule has 26 heavy (non-hydrogen) atoms. The summed E-state index contributed by atoms with van der Waals surface area (Å²) in [5.74, 6) is 0. The molecule has 2 heteroatoms. The normalized spacial score (nSPS) is 11.9. The van der Waals surface area contributed by atoms with Gasteiger partial charge in [-0.15, -0.1) is 0 Å². The zero-order valence-corrected chi connectivity index (χ0v) is 16.1. The van der Waals surface area contributed by atoms with Gasteiger partial charge in [0.1, 0.15) is 0 Å². The van der Waals surface area contributed by atoms with Crippen molar-refractivity contribution in [1.29, 1.82) is 0 Å². The van der Waals surface area contributed by atoms with Gasteiger partial charge in [0.05, 0.1) is 0 Å². The summed E-state index contributed by atoms with van der Waals surface area (Å²) in [6, 6.07) is 41.1. The Balaban J connectivity index is 2.12. The number of hydrogen-bond donors (Lipinski definition) is 0. The van der Waals surface area contributed by atoms with Gasteiger partial charge in [0, 0.05) is 0 Å².